The van der Waals surface area contributed by atoms with Crippen molar-refractivity contribution in [1.82, 2.24) is 5.32 Å². The first-order valence-corrected chi connectivity index (χ1v) is 4.84. The molecule has 0 aromatic carbocycles. The summed E-state index contributed by atoms with van der Waals surface area (Å²) in [6.45, 7) is 2.02. The van der Waals surface area contributed by atoms with Crippen molar-refractivity contribution in [2.75, 3.05) is 12.4 Å². The van der Waals surface area contributed by atoms with E-state index in [0.717, 1.165) is 5.00 Å². The quantitative estimate of drug-likeness (QED) is 0.412. The summed E-state index contributed by atoms with van der Waals surface area (Å²) in [5, 5.41) is 13.6. The fourth-order valence-electron chi connectivity index (χ4n) is 0.889. The molecule has 5 N–H and O–H groups in total. The van der Waals surface area contributed by atoms with Gasteiger partial charge in [-0.2, -0.15) is 0 Å². The van der Waals surface area contributed by atoms with Crippen molar-refractivity contribution in [2.24, 2.45) is 10.7 Å². The summed E-state index contributed by atoms with van der Waals surface area (Å²) >= 11 is 1.62. The van der Waals surface area contributed by atoms with Crippen molar-refractivity contribution in [3.63, 3.8) is 0 Å². The molecule has 76 valence electrons. The fourth-order valence-corrected chi connectivity index (χ4v) is 1.66. The van der Waals surface area contributed by atoms with Gasteiger partial charge in [-0.15, -0.1) is 11.3 Å². The van der Waals surface area contributed by atoms with Gasteiger partial charge in [0.15, 0.2) is 5.96 Å². The van der Waals surface area contributed by atoms with E-state index in [2.05, 4.69) is 15.6 Å². The smallest absolute Gasteiger partial charge is 0.202 e. The van der Waals surface area contributed by atoms with Gasteiger partial charge in [0.2, 0.25) is 5.96 Å². The Kier molecular flexibility index (Phi) is 3.47. The highest BCUT2D eigenvalue weighted by molar-refractivity contribution is 7.16. The van der Waals surface area contributed by atoms with Crippen LogP contribution in [-0.2, 0) is 0 Å². The summed E-state index contributed by atoms with van der Waals surface area (Å²) in [6, 6.07) is 3.96. The molecule has 1 rings (SSSR count). The molecule has 1 aromatic heterocycles. The Bertz CT molecular complexity index is 354. The molecular weight excluding hydrogens is 198 g/mol. The number of aryl methyl sites for hydroxylation is 1. The first-order valence-electron chi connectivity index (χ1n) is 4.03. The van der Waals surface area contributed by atoms with Gasteiger partial charge in [-0.3, -0.25) is 15.7 Å². The lowest BCUT2D eigenvalue weighted by Gasteiger charge is -2.07. The second-order valence-corrected chi connectivity index (χ2v) is 3.93. The van der Waals surface area contributed by atoms with E-state index in [-0.39, 0.29) is 5.96 Å². The highest BCUT2D eigenvalue weighted by Crippen LogP contribution is 2.20. The Labute approximate surface area is 86.6 Å². The minimum Gasteiger partial charge on any atom is -0.370 e. The number of rotatable bonds is 1. The molecule has 0 aliphatic rings. The van der Waals surface area contributed by atoms with E-state index in [4.69, 9.17) is 11.1 Å². The van der Waals surface area contributed by atoms with E-state index in [0.29, 0.717) is 5.96 Å². The third-order valence-electron chi connectivity index (χ3n) is 1.46. The maximum atomic E-state index is 7.05. The summed E-state index contributed by atoms with van der Waals surface area (Å²) < 4.78 is 0. The van der Waals surface area contributed by atoms with Crippen molar-refractivity contribution >= 4 is 28.3 Å². The highest BCUT2D eigenvalue weighted by atomic mass is 32.1. The molecule has 0 bridgehead atoms. The fraction of sp³-hybridized carbons (Fsp3) is 0.250. The zero-order chi connectivity index (χ0) is 10.6. The number of nitrogens with one attached hydrogen (secondary N) is 3. The maximum absolute atomic E-state index is 7.05. The summed E-state index contributed by atoms with van der Waals surface area (Å²) in [6.07, 6.45) is 0. The Morgan fingerprint density at radius 3 is 2.71 bits per heavy atom. The van der Waals surface area contributed by atoms with Crippen molar-refractivity contribution in [2.45, 2.75) is 6.92 Å². The van der Waals surface area contributed by atoms with Gasteiger partial charge in [0.05, 0.1) is 5.00 Å². The molecule has 6 heteroatoms. The van der Waals surface area contributed by atoms with Crippen molar-refractivity contribution in [3.8, 4) is 0 Å². The average Bonchev–Trinajstić information content (AvgIpc) is 2.49. The summed E-state index contributed by atoms with van der Waals surface area (Å²) in [5.41, 5.74) is 5.18. The van der Waals surface area contributed by atoms with Crippen molar-refractivity contribution in [1.29, 1.82) is 5.41 Å². The summed E-state index contributed by atoms with van der Waals surface area (Å²) in [7, 11) is 1.62. The average molecular weight is 211 g/mol. The monoisotopic (exact) mass is 211 g/mol. The molecule has 0 saturated carbocycles. The molecule has 0 aliphatic heterocycles. The van der Waals surface area contributed by atoms with Gasteiger partial charge in [0.1, 0.15) is 0 Å². The number of anilines is 1. The van der Waals surface area contributed by atoms with Gasteiger partial charge >= 0.3 is 0 Å². The Morgan fingerprint density at radius 1 is 1.57 bits per heavy atom. The van der Waals surface area contributed by atoms with Gasteiger partial charge < -0.3 is 11.1 Å². The molecule has 5 nitrogen and oxygen atoms in total. The zero-order valence-corrected chi connectivity index (χ0v) is 8.90. The van der Waals surface area contributed by atoms with Gasteiger partial charge in [-0.05, 0) is 19.1 Å². The van der Waals surface area contributed by atoms with Gasteiger partial charge in [-0.1, -0.05) is 0 Å². The number of hydrogen-bond acceptors (Lipinski definition) is 3. The predicted molar refractivity (Wildman–Crippen MR) is 61.1 cm³/mol. The summed E-state index contributed by atoms with van der Waals surface area (Å²) in [5.74, 6) is 0.339. The van der Waals surface area contributed by atoms with Crippen LogP contribution in [0.3, 0.4) is 0 Å². The first kappa shape index (κ1) is 10.5. The van der Waals surface area contributed by atoms with Crippen LogP contribution in [0.25, 0.3) is 0 Å². The molecule has 0 spiro atoms. The molecule has 0 amide bonds. The Morgan fingerprint density at radius 2 is 2.29 bits per heavy atom. The Balaban J connectivity index is 2.62. The van der Waals surface area contributed by atoms with Crippen LogP contribution in [0.5, 0.6) is 0 Å². The van der Waals surface area contributed by atoms with Crippen LogP contribution in [0.15, 0.2) is 17.1 Å². The van der Waals surface area contributed by atoms with Crippen LogP contribution < -0.4 is 16.4 Å². The zero-order valence-electron chi connectivity index (χ0n) is 8.09. The first-order chi connectivity index (χ1) is 6.61. The highest BCUT2D eigenvalue weighted by Gasteiger charge is 2.01. The SMILES string of the molecule is C/N=C(/NC(=N)N)Nc1ccc(C)s1. The van der Waals surface area contributed by atoms with E-state index < -0.39 is 0 Å². The van der Waals surface area contributed by atoms with E-state index in [1.807, 2.05) is 19.1 Å². The Hall–Kier alpha value is -1.56. The third kappa shape index (κ3) is 3.06. The van der Waals surface area contributed by atoms with Crippen molar-refractivity contribution < 1.29 is 0 Å². The van der Waals surface area contributed by atoms with Crippen LogP contribution in [0.1, 0.15) is 4.88 Å². The molecule has 1 heterocycles. The van der Waals surface area contributed by atoms with Gasteiger partial charge in [0.25, 0.3) is 0 Å². The molecular formula is C8H13N5S. The second kappa shape index (κ2) is 4.61. The molecule has 0 saturated heterocycles. The summed E-state index contributed by atoms with van der Waals surface area (Å²) in [4.78, 5) is 5.13. The second-order valence-electron chi connectivity index (χ2n) is 2.65. The molecule has 0 atom stereocenters. The molecule has 0 unspecified atom stereocenters. The van der Waals surface area contributed by atoms with Crippen LogP contribution >= 0.6 is 11.3 Å². The normalized spacial score (nSPS) is 11.1. The number of aliphatic imine (C=N–C) groups is 1. The minimum atomic E-state index is -0.133. The maximum Gasteiger partial charge on any atom is 0.202 e. The minimum absolute atomic E-state index is 0.133. The number of guanidine groups is 2. The molecule has 14 heavy (non-hydrogen) atoms. The molecule has 1 aromatic rings. The number of nitrogens with zero attached hydrogens (tertiary/aromatic N) is 1. The third-order valence-corrected chi connectivity index (χ3v) is 2.37. The lowest BCUT2D eigenvalue weighted by Crippen LogP contribution is -2.39. The largest absolute Gasteiger partial charge is 0.370 e. The van der Waals surface area contributed by atoms with E-state index in [1.165, 1.54) is 4.88 Å². The van der Waals surface area contributed by atoms with E-state index in [1.54, 1.807) is 18.4 Å². The predicted octanol–water partition coefficient (Wildman–Crippen LogP) is 0.937. The number of hydrogen-bond donors (Lipinski definition) is 4. The van der Waals surface area contributed by atoms with Crippen molar-refractivity contribution in [3.05, 3.63) is 17.0 Å². The van der Waals surface area contributed by atoms with E-state index in [9.17, 15) is 0 Å². The van der Waals surface area contributed by atoms with Crippen LogP contribution in [0.2, 0.25) is 0 Å². The molecule has 0 fully saturated rings. The van der Waals surface area contributed by atoms with Crippen LogP contribution in [0.4, 0.5) is 5.00 Å². The topological polar surface area (TPSA) is 86.3 Å². The van der Waals surface area contributed by atoms with Gasteiger partial charge in [-0.25, -0.2) is 0 Å². The standard InChI is InChI=1S/C8H13N5S/c1-5-3-4-6(14-5)12-8(11-2)13-7(9)10/h3-4H,1-2H3,(H5,9,10,11,12,13). The van der Waals surface area contributed by atoms with Crippen LogP contribution in [-0.4, -0.2) is 19.0 Å². The van der Waals surface area contributed by atoms with E-state index >= 15 is 0 Å². The van der Waals surface area contributed by atoms with Crippen LogP contribution in [0, 0.1) is 12.3 Å². The molecule has 0 radical (unpaired) electrons. The number of thiophene rings is 1. The molecule has 0 aliphatic carbocycles. The van der Waals surface area contributed by atoms with Gasteiger partial charge in [0, 0.05) is 11.9 Å². The lowest BCUT2D eigenvalue weighted by molar-refractivity contribution is 1.21. The lowest BCUT2D eigenvalue weighted by atomic mass is 10.5. The number of nitrogens with two attached hydrogens (primary N) is 1.